The molecule has 1 atom stereocenters. The average molecular weight is 450 g/mol. The SMILES string of the molecule is Cc1ccccc1CN1CCC(CN(C[C@@H]2CCCO2)C(=O)c2ccc(N(C)C)cc2)CC1. The van der Waals surface area contributed by atoms with E-state index in [4.69, 9.17) is 4.74 Å². The largest absolute Gasteiger partial charge is 0.378 e. The van der Waals surface area contributed by atoms with E-state index in [9.17, 15) is 4.79 Å². The van der Waals surface area contributed by atoms with Gasteiger partial charge < -0.3 is 14.5 Å². The number of anilines is 1. The second-order valence-corrected chi connectivity index (χ2v) is 9.93. The first kappa shape index (κ1) is 23.8. The summed E-state index contributed by atoms with van der Waals surface area (Å²) in [6.07, 6.45) is 4.61. The molecule has 2 heterocycles. The van der Waals surface area contributed by atoms with Gasteiger partial charge in [-0.05, 0) is 87.0 Å². The number of benzene rings is 2. The van der Waals surface area contributed by atoms with Crippen molar-refractivity contribution >= 4 is 11.6 Å². The summed E-state index contributed by atoms with van der Waals surface area (Å²) in [5.74, 6) is 0.683. The van der Waals surface area contributed by atoms with E-state index >= 15 is 0 Å². The minimum atomic E-state index is 0.137. The monoisotopic (exact) mass is 449 g/mol. The third-order valence-electron chi connectivity index (χ3n) is 7.21. The Balaban J connectivity index is 1.37. The van der Waals surface area contributed by atoms with E-state index in [1.807, 2.05) is 38.4 Å². The highest BCUT2D eigenvalue weighted by molar-refractivity contribution is 5.94. The molecular weight excluding hydrogens is 410 g/mol. The van der Waals surface area contributed by atoms with Crippen molar-refractivity contribution in [3.05, 3.63) is 65.2 Å². The Hall–Kier alpha value is -2.37. The van der Waals surface area contributed by atoms with Gasteiger partial charge in [0.1, 0.15) is 0 Å². The Labute approximate surface area is 199 Å². The van der Waals surface area contributed by atoms with Crippen molar-refractivity contribution in [1.29, 1.82) is 0 Å². The average Bonchev–Trinajstić information content (AvgIpc) is 3.34. The Morgan fingerprint density at radius 3 is 2.36 bits per heavy atom. The predicted molar refractivity (Wildman–Crippen MR) is 135 cm³/mol. The number of likely N-dealkylation sites (tertiary alicyclic amines) is 1. The van der Waals surface area contributed by atoms with Gasteiger partial charge in [-0.2, -0.15) is 0 Å². The van der Waals surface area contributed by atoms with Crippen LogP contribution in [-0.2, 0) is 11.3 Å². The first-order valence-corrected chi connectivity index (χ1v) is 12.4. The number of hydrogen-bond donors (Lipinski definition) is 0. The van der Waals surface area contributed by atoms with Gasteiger partial charge in [0.2, 0.25) is 0 Å². The molecule has 4 rings (SSSR count). The van der Waals surface area contributed by atoms with Crippen LogP contribution in [0.1, 0.15) is 47.2 Å². The van der Waals surface area contributed by atoms with Gasteiger partial charge in [-0.25, -0.2) is 0 Å². The summed E-state index contributed by atoms with van der Waals surface area (Å²) in [6.45, 7) is 7.76. The molecule has 2 saturated heterocycles. The van der Waals surface area contributed by atoms with Crippen molar-refractivity contribution < 1.29 is 9.53 Å². The number of carbonyl (C=O) groups excluding carboxylic acids is 1. The molecule has 2 aromatic rings. The van der Waals surface area contributed by atoms with E-state index in [0.29, 0.717) is 12.5 Å². The molecule has 33 heavy (non-hydrogen) atoms. The van der Waals surface area contributed by atoms with Gasteiger partial charge in [-0.15, -0.1) is 0 Å². The van der Waals surface area contributed by atoms with Gasteiger partial charge in [-0.3, -0.25) is 9.69 Å². The maximum absolute atomic E-state index is 13.5. The van der Waals surface area contributed by atoms with Gasteiger partial charge in [-0.1, -0.05) is 24.3 Å². The number of piperidine rings is 1. The summed E-state index contributed by atoms with van der Waals surface area (Å²) in [7, 11) is 4.04. The lowest BCUT2D eigenvalue weighted by Crippen LogP contribution is -2.43. The van der Waals surface area contributed by atoms with Crippen molar-refractivity contribution in [2.75, 3.05) is 51.8 Å². The highest BCUT2D eigenvalue weighted by atomic mass is 16.5. The zero-order valence-electron chi connectivity index (χ0n) is 20.5. The molecule has 1 amide bonds. The molecule has 0 N–H and O–H groups in total. The van der Waals surface area contributed by atoms with Crippen LogP contribution in [-0.4, -0.2) is 68.7 Å². The number of hydrogen-bond acceptors (Lipinski definition) is 4. The third-order valence-corrected chi connectivity index (χ3v) is 7.21. The topological polar surface area (TPSA) is 36.0 Å². The van der Waals surface area contributed by atoms with E-state index < -0.39 is 0 Å². The second kappa shape index (κ2) is 11.2. The fourth-order valence-electron chi connectivity index (χ4n) is 5.03. The molecule has 0 aliphatic carbocycles. The Morgan fingerprint density at radius 1 is 1.00 bits per heavy atom. The molecule has 2 aliphatic heterocycles. The summed E-state index contributed by atoms with van der Waals surface area (Å²) in [5, 5.41) is 0. The second-order valence-electron chi connectivity index (χ2n) is 9.93. The smallest absolute Gasteiger partial charge is 0.253 e. The Kier molecular flexibility index (Phi) is 8.05. The summed E-state index contributed by atoms with van der Waals surface area (Å²) in [5.41, 5.74) is 4.68. The number of aryl methyl sites for hydroxylation is 1. The predicted octanol–water partition coefficient (Wildman–Crippen LogP) is 4.59. The summed E-state index contributed by atoms with van der Waals surface area (Å²) in [4.78, 5) is 20.2. The van der Waals surface area contributed by atoms with E-state index in [2.05, 4.69) is 45.9 Å². The quantitative estimate of drug-likeness (QED) is 0.590. The lowest BCUT2D eigenvalue weighted by atomic mass is 9.95. The highest BCUT2D eigenvalue weighted by Gasteiger charge is 2.28. The van der Waals surface area contributed by atoms with Gasteiger partial charge in [0.25, 0.3) is 5.91 Å². The maximum atomic E-state index is 13.5. The maximum Gasteiger partial charge on any atom is 0.253 e. The molecule has 2 aromatic carbocycles. The number of amides is 1. The molecule has 2 aliphatic rings. The lowest BCUT2D eigenvalue weighted by molar-refractivity contribution is 0.0444. The van der Waals surface area contributed by atoms with E-state index in [1.54, 1.807) is 0 Å². The summed E-state index contributed by atoms with van der Waals surface area (Å²) in [6, 6.07) is 16.7. The molecule has 5 heteroatoms. The van der Waals surface area contributed by atoms with Crippen LogP contribution in [0.5, 0.6) is 0 Å². The molecule has 0 saturated carbocycles. The standard InChI is InChI=1S/C28H39N3O2/c1-22-7-4-5-8-25(22)20-30-16-14-23(15-17-30)19-31(21-27-9-6-18-33-27)28(32)24-10-12-26(13-11-24)29(2)3/h4-5,7-8,10-13,23,27H,6,9,14-21H2,1-3H3/t27-/m0/s1. The molecule has 0 spiro atoms. The lowest BCUT2D eigenvalue weighted by Gasteiger charge is -2.36. The van der Waals surface area contributed by atoms with Gasteiger partial charge >= 0.3 is 0 Å². The molecule has 178 valence electrons. The highest BCUT2D eigenvalue weighted by Crippen LogP contribution is 2.24. The summed E-state index contributed by atoms with van der Waals surface area (Å²) >= 11 is 0. The zero-order valence-corrected chi connectivity index (χ0v) is 20.5. The Bertz CT molecular complexity index is 898. The molecule has 0 unspecified atom stereocenters. The number of ether oxygens (including phenoxy) is 1. The van der Waals surface area contributed by atoms with Gasteiger partial charge in [0.15, 0.2) is 0 Å². The molecule has 5 nitrogen and oxygen atoms in total. The van der Waals surface area contributed by atoms with Crippen LogP contribution in [0.25, 0.3) is 0 Å². The molecule has 0 radical (unpaired) electrons. The molecule has 2 fully saturated rings. The fraction of sp³-hybridized carbons (Fsp3) is 0.536. The van der Waals surface area contributed by atoms with Crippen LogP contribution in [0.15, 0.2) is 48.5 Å². The zero-order chi connectivity index (χ0) is 23.2. The van der Waals surface area contributed by atoms with Crippen LogP contribution < -0.4 is 4.90 Å². The van der Waals surface area contributed by atoms with Gasteiger partial charge in [0, 0.05) is 51.6 Å². The van der Waals surface area contributed by atoms with Crippen LogP contribution in [0, 0.1) is 12.8 Å². The van der Waals surface area contributed by atoms with E-state index in [0.717, 1.165) is 69.7 Å². The van der Waals surface area contributed by atoms with Crippen molar-refractivity contribution in [2.45, 2.75) is 45.3 Å². The fourth-order valence-corrected chi connectivity index (χ4v) is 5.03. The van der Waals surface area contributed by atoms with Crippen LogP contribution in [0.3, 0.4) is 0 Å². The van der Waals surface area contributed by atoms with Crippen molar-refractivity contribution in [1.82, 2.24) is 9.80 Å². The Morgan fingerprint density at radius 2 is 1.73 bits per heavy atom. The van der Waals surface area contributed by atoms with E-state index in [-0.39, 0.29) is 12.0 Å². The van der Waals surface area contributed by atoms with Crippen LogP contribution in [0.2, 0.25) is 0 Å². The van der Waals surface area contributed by atoms with Crippen LogP contribution >= 0.6 is 0 Å². The van der Waals surface area contributed by atoms with Crippen molar-refractivity contribution in [3.8, 4) is 0 Å². The first-order valence-electron chi connectivity index (χ1n) is 12.4. The van der Waals surface area contributed by atoms with E-state index in [1.165, 1.54) is 11.1 Å². The number of carbonyl (C=O) groups is 1. The van der Waals surface area contributed by atoms with Crippen molar-refractivity contribution in [2.24, 2.45) is 5.92 Å². The number of rotatable bonds is 8. The normalized spacial score (nSPS) is 19.5. The van der Waals surface area contributed by atoms with Crippen LogP contribution in [0.4, 0.5) is 5.69 Å². The third kappa shape index (κ3) is 6.36. The first-order chi connectivity index (χ1) is 16.0. The van der Waals surface area contributed by atoms with Gasteiger partial charge in [0.05, 0.1) is 6.10 Å². The minimum absolute atomic E-state index is 0.137. The molecular formula is C28H39N3O2. The molecule has 0 aromatic heterocycles. The minimum Gasteiger partial charge on any atom is -0.378 e. The summed E-state index contributed by atoms with van der Waals surface area (Å²) < 4.78 is 5.90. The number of nitrogens with zero attached hydrogens (tertiary/aromatic N) is 3. The van der Waals surface area contributed by atoms with Crippen molar-refractivity contribution in [3.63, 3.8) is 0 Å². The molecule has 0 bridgehead atoms.